The molecule has 1 unspecified atom stereocenters. The van der Waals surface area contributed by atoms with Crippen molar-refractivity contribution in [2.24, 2.45) is 0 Å². The van der Waals surface area contributed by atoms with Crippen LogP contribution in [0.2, 0.25) is 0 Å². The zero-order chi connectivity index (χ0) is 23.3. The summed E-state index contributed by atoms with van der Waals surface area (Å²) in [5, 5.41) is 12.2. The standard InChI is InChI=1S/C30H33N2P/c1-4-13-25-14-11-12-19-28(25)30(22-20-24(2)21-23-30)29(31)32(3)33(26-15-7-5-8-16-26)27-17-9-6-10-18-27/h5-12,14-22,31H,4,13,23H2,1-3H3. The van der Waals surface area contributed by atoms with Crippen LogP contribution in [0.15, 0.2) is 109 Å². The quantitative estimate of drug-likeness (QED) is 0.240. The van der Waals surface area contributed by atoms with Gasteiger partial charge in [-0.2, -0.15) is 0 Å². The van der Waals surface area contributed by atoms with Crippen LogP contribution < -0.4 is 10.6 Å². The van der Waals surface area contributed by atoms with Gasteiger partial charge in [-0.25, -0.2) is 0 Å². The molecule has 1 aliphatic carbocycles. The molecule has 4 rings (SSSR count). The first-order valence-corrected chi connectivity index (χ1v) is 13.0. The summed E-state index contributed by atoms with van der Waals surface area (Å²) in [6.07, 6.45) is 9.69. The highest BCUT2D eigenvalue weighted by molar-refractivity contribution is 7.71. The molecule has 3 heteroatoms. The van der Waals surface area contributed by atoms with Gasteiger partial charge in [-0.15, -0.1) is 0 Å². The molecule has 1 N–H and O–H groups in total. The summed E-state index contributed by atoms with van der Waals surface area (Å²) >= 11 is 0. The van der Waals surface area contributed by atoms with Gasteiger partial charge in [-0.05, 0) is 30.9 Å². The number of allylic oxidation sites excluding steroid dienone is 3. The van der Waals surface area contributed by atoms with E-state index in [9.17, 15) is 5.41 Å². The van der Waals surface area contributed by atoms with Gasteiger partial charge < -0.3 is 4.67 Å². The van der Waals surface area contributed by atoms with E-state index in [1.54, 1.807) is 0 Å². The van der Waals surface area contributed by atoms with Crippen molar-refractivity contribution in [2.45, 2.75) is 38.5 Å². The molecule has 3 aromatic rings. The van der Waals surface area contributed by atoms with E-state index in [0.29, 0.717) is 5.84 Å². The summed E-state index contributed by atoms with van der Waals surface area (Å²) in [6, 6.07) is 30.0. The number of rotatable bonds is 7. The van der Waals surface area contributed by atoms with Crippen LogP contribution in [0, 0.1) is 5.41 Å². The Morgan fingerprint density at radius 2 is 1.48 bits per heavy atom. The number of nitrogens with one attached hydrogen (secondary N) is 1. The molecule has 0 amide bonds. The average Bonchev–Trinajstić information content (AvgIpc) is 2.86. The Morgan fingerprint density at radius 3 is 2.03 bits per heavy atom. The van der Waals surface area contributed by atoms with E-state index in [-0.39, 0.29) is 0 Å². The summed E-state index contributed by atoms with van der Waals surface area (Å²) in [5.74, 6) is 0.657. The largest absolute Gasteiger partial charge is 0.334 e. The molecule has 0 aromatic heterocycles. The van der Waals surface area contributed by atoms with Crippen LogP contribution in [-0.2, 0) is 11.8 Å². The smallest absolute Gasteiger partial charge is 0.114 e. The van der Waals surface area contributed by atoms with Crippen molar-refractivity contribution in [3.8, 4) is 0 Å². The Labute approximate surface area is 200 Å². The van der Waals surface area contributed by atoms with Crippen molar-refractivity contribution in [2.75, 3.05) is 7.05 Å². The van der Waals surface area contributed by atoms with Crippen LogP contribution in [0.1, 0.15) is 37.8 Å². The van der Waals surface area contributed by atoms with Crippen LogP contribution in [0.25, 0.3) is 0 Å². The first-order chi connectivity index (χ1) is 16.1. The van der Waals surface area contributed by atoms with Crippen molar-refractivity contribution in [1.29, 1.82) is 5.41 Å². The fourth-order valence-electron chi connectivity index (χ4n) is 4.70. The second kappa shape index (κ2) is 10.3. The normalized spacial score (nSPS) is 17.6. The van der Waals surface area contributed by atoms with Gasteiger partial charge in [0, 0.05) is 17.7 Å². The van der Waals surface area contributed by atoms with Gasteiger partial charge >= 0.3 is 0 Å². The van der Waals surface area contributed by atoms with E-state index in [4.69, 9.17) is 0 Å². The summed E-state index contributed by atoms with van der Waals surface area (Å²) < 4.78 is 2.24. The summed E-state index contributed by atoms with van der Waals surface area (Å²) in [4.78, 5) is 0. The zero-order valence-corrected chi connectivity index (χ0v) is 20.7. The monoisotopic (exact) mass is 452 g/mol. The summed E-state index contributed by atoms with van der Waals surface area (Å²) in [7, 11) is 1.24. The molecule has 1 atom stereocenters. The molecule has 0 saturated heterocycles. The Kier molecular flexibility index (Phi) is 7.26. The molecule has 168 valence electrons. The predicted octanol–water partition coefficient (Wildman–Crippen LogP) is 6.74. The molecule has 0 spiro atoms. The van der Waals surface area contributed by atoms with Crippen LogP contribution in [0.4, 0.5) is 0 Å². The average molecular weight is 453 g/mol. The number of likely N-dealkylation sites (N-methyl/N-ethyl adjacent to an activating group) is 1. The second-order valence-corrected chi connectivity index (χ2v) is 11.0. The van der Waals surface area contributed by atoms with Gasteiger partial charge in [0.15, 0.2) is 0 Å². The molecule has 0 aliphatic heterocycles. The van der Waals surface area contributed by atoms with Crippen LogP contribution in [0.5, 0.6) is 0 Å². The van der Waals surface area contributed by atoms with Gasteiger partial charge in [0.25, 0.3) is 0 Å². The van der Waals surface area contributed by atoms with Crippen LogP contribution >= 0.6 is 8.07 Å². The maximum Gasteiger partial charge on any atom is 0.114 e. The second-order valence-electron chi connectivity index (χ2n) is 8.72. The van der Waals surface area contributed by atoms with Gasteiger partial charge in [-0.1, -0.05) is 122 Å². The molecule has 0 heterocycles. The minimum atomic E-state index is -0.873. The lowest BCUT2D eigenvalue weighted by Crippen LogP contribution is -2.45. The molecule has 1 aliphatic rings. The van der Waals surface area contributed by atoms with Crippen molar-refractivity contribution < 1.29 is 0 Å². The predicted molar refractivity (Wildman–Crippen MR) is 144 cm³/mol. The fourth-order valence-corrected chi connectivity index (χ4v) is 6.98. The number of nitrogens with zero attached hydrogens (tertiary/aromatic N) is 1. The molecule has 3 aromatic carbocycles. The third-order valence-electron chi connectivity index (χ3n) is 6.44. The van der Waals surface area contributed by atoms with Gasteiger partial charge in [-0.3, -0.25) is 5.41 Å². The van der Waals surface area contributed by atoms with Crippen LogP contribution in [-0.4, -0.2) is 17.6 Å². The highest BCUT2D eigenvalue weighted by Crippen LogP contribution is 2.45. The molecule has 33 heavy (non-hydrogen) atoms. The van der Waals surface area contributed by atoms with E-state index in [1.165, 1.54) is 27.3 Å². The van der Waals surface area contributed by atoms with Crippen molar-refractivity contribution >= 4 is 24.5 Å². The Balaban J connectivity index is 1.83. The number of benzene rings is 3. The van der Waals surface area contributed by atoms with Crippen molar-refractivity contribution in [3.05, 3.63) is 120 Å². The maximum atomic E-state index is 9.66. The third kappa shape index (κ3) is 4.72. The van der Waals surface area contributed by atoms with Gasteiger partial charge in [0.05, 0.1) is 13.5 Å². The highest BCUT2D eigenvalue weighted by Gasteiger charge is 2.40. The highest BCUT2D eigenvalue weighted by atomic mass is 31.1. The van der Waals surface area contributed by atoms with E-state index >= 15 is 0 Å². The molecule has 0 radical (unpaired) electrons. The topological polar surface area (TPSA) is 27.1 Å². The SMILES string of the molecule is CCCc1ccccc1C1(C(=N)N(C)P(c2ccccc2)c2ccccc2)C=CC(C)=CC1. The molecule has 0 fully saturated rings. The first kappa shape index (κ1) is 23.2. The minimum Gasteiger partial charge on any atom is -0.334 e. The van der Waals surface area contributed by atoms with Crippen LogP contribution in [0.3, 0.4) is 0 Å². The van der Waals surface area contributed by atoms with Gasteiger partial charge in [0.1, 0.15) is 5.84 Å². The fraction of sp³-hybridized carbons (Fsp3) is 0.233. The zero-order valence-electron chi connectivity index (χ0n) is 19.8. The molecular weight excluding hydrogens is 419 g/mol. The number of aryl methyl sites for hydroxylation is 1. The molecule has 2 nitrogen and oxygen atoms in total. The number of amidine groups is 1. The Hall–Kier alpha value is -2.96. The lowest BCUT2D eigenvalue weighted by atomic mass is 9.71. The van der Waals surface area contributed by atoms with Crippen molar-refractivity contribution in [3.63, 3.8) is 0 Å². The first-order valence-electron chi connectivity index (χ1n) is 11.7. The Morgan fingerprint density at radius 1 is 0.909 bits per heavy atom. The maximum absolute atomic E-state index is 9.66. The lowest BCUT2D eigenvalue weighted by Gasteiger charge is -2.42. The Bertz CT molecular complexity index is 1110. The van der Waals surface area contributed by atoms with E-state index in [1.807, 2.05) is 0 Å². The van der Waals surface area contributed by atoms with E-state index in [2.05, 4.69) is 129 Å². The third-order valence-corrected chi connectivity index (χ3v) is 8.82. The number of hydrogen-bond acceptors (Lipinski definition) is 1. The summed E-state index contributed by atoms with van der Waals surface area (Å²) in [5.41, 5.74) is 3.41. The molecule has 0 bridgehead atoms. The lowest BCUT2D eigenvalue weighted by molar-refractivity contribution is 0.621. The number of hydrogen-bond donors (Lipinski definition) is 1. The molecule has 0 saturated carbocycles. The minimum absolute atomic E-state index is 0.468. The van der Waals surface area contributed by atoms with Crippen molar-refractivity contribution in [1.82, 2.24) is 4.67 Å². The van der Waals surface area contributed by atoms with E-state index < -0.39 is 13.5 Å². The van der Waals surface area contributed by atoms with Gasteiger partial charge in [0.2, 0.25) is 0 Å². The van der Waals surface area contributed by atoms with E-state index in [0.717, 1.165) is 19.3 Å². The summed E-state index contributed by atoms with van der Waals surface area (Å²) in [6.45, 7) is 4.37. The molecular formula is C30H33N2P.